The number of halogens is 3. The normalized spacial score (nSPS) is 11.8. The highest BCUT2D eigenvalue weighted by Crippen LogP contribution is 2.37. The summed E-state index contributed by atoms with van der Waals surface area (Å²) >= 11 is 17.3. The molecule has 0 fully saturated rings. The lowest BCUT2D eigenvalue weighted by molar-refractivity contribution is -0.116. The lowest BCUT2D eigenvalue weighted by Gasteiger charge is -2.18. The van der Waals surface area contributed by atoms with Gasteiger partial charge in [0, 0.05) is 30.7 Å². The molecule has 0 aromatic heterocycles. The van der Waals surface area contributed by atoms with Gasteiger partial charge in [-0.15, -0.1) is 11.8 Å². The number of hydrogen-bond donors (Lipinski definition) is 3. The van der Waals surface area contributed by atoms with E-state index in [1.807, 2.05) is 66.7 Å². The third kappa shape index (κ3) is 8.89. The molecule has 0 spiro atoms. The molecule has 0 saturated heterocycles. The van der Waals surface area contributed by atoms with Crippen LogP contribution >= 0.6 is 50.9 Å². The molecule has 0 aliphatic heterocycles. The second-order valence-corrected chi connectivity index (χ2v) is 12.8. The topological polar surface area (TPSA) is 87.3 Å². The zero-order chi connectivity index (χ0) is 32.5. The monoisotopic (exact) mass is 729 g/mol. The standard InChI is InChI=1S/C36H26BrCl2N3O3S/c37-29-13-7-8-14-31(29)41-36(45)33(23-9-3-1-4-10-23)46-28-19-17-27(18-20-28)40-35(44)32(21-25-15-16-26(38)22-30(25)39)42-34(43)24-11-5-2-6-12-24/h1-22,33H,(H,40,44)(H,41,45)(H,42,43)/b32-21-. The highest BCUT2D eigenvalue weighted by Gasteiger charge is 2.23. The highest BCUT2D eigenvalue weighted by atomic mass is 79.9. The van der Waals surface area contributed by atoms with E-state index in [1.54, 1.807) is 60.7 Å². The SMILES string of the molecule is O=C(Nc1ccc(SC(C(=O)Nc2ccccc2Br)c2ccccc2)cc1)/C(=C/c1ccc(Cl)cc1Cl)NC(=O)c1ccccc1. The Morgan fingerprint density at radius 3 is 2.07 bits per heavy atom. The van der Waals surface area contributed by atoms with Gasteiger partial charge in [-0.1, -0.05) is 89.9 Å². The summed E-state index contributed by atoms with van der Waals surface area (Å²) in [6.07, 6.45) is 1.49. The van der Waals surface area contributed by atoms with E-state index in [-0.39, 0.29) is 11.6 Å². The van der Waals surface area contributed by atoms with Crippen LogP contribution in [0.3, 0.4) is 0 Å². The van der Waals surface area contributed by atoms with Crippen LogP contribution in [-0.4, -0.2) is 17.7 Å². The molecule has 230 valence electrons. The third-order valence-electron chi connectivity index (χ3n) is 6.63. The van der Waals surface area contributed by atoms with Crippen molar-refractivity contribution in [1.82, 2.24) is 5.32 Å². The lowest BCUT2D eigenvalue weighted by atomic mass is 10.1. The molecule has 0 heterocycles. The molecule has 0 saturated carbocycles. The second-order valence-electron chi connectivity index (χ2n) is 9.90. The first kappa shape index (κ1) is 33.0. The van der Waals surface area contributed by atoms with E-state index < -0.39 is 17.1 Å². The van der Waals surface area contributed by atoms with Gasteiger partial charge in [0.15, 0.2) is 0 Å². The maximum absolute atomic E-state index is 13.5. The Kier molecular flexibility index (Phi) is 11.3. The van der Waals surface area contributed by atoms with Gasteiger partial charge in [0.05, 0.1) is 5.69 Å². The fourth-order valence-corrected chi connectivity index (χ4v) is 6.20. The molecule has 1 atom stereocenters. The predicted octanol–water partition coefficient (Wildman–Crippen LogP) is 9.64. The van der Waals surface area contributed by atoms with Crippen LogP contribution in [0.4, 0.5) is 11.4 Å². The van der Waals surface area contributed by atoms with E-state index in [0.717, 1.165) is 14.9 Å². The van der Waals surface area contributed by atoms with Crippen LogP contribution in [0.15, 0.2) is 142 Å². The van der Waals surface area contributed by atoms with Crippen molar-refractivity contribution in [3.05, 3.63) is 164 Å². The maximum atomic E-state index is 13.5. The number of benzene rings is 5. The molecule has 5 aromatic rings. The van der Waals surface area contributed by atoms with Crippen molar-refractivity contribution in [2.24, 2.45) is 0 Å². The summed E-state index contributed by atoms with van der Waals surface area (Å²) in [6.45, 7) is 0. The minimum absolute atomic E-state index is 0.00980. The molecular formula is C36H26BrCl2N3O3S. The summed E-state index contributed by atoms with van der Waals surface area (Å²) in [5, 5.41) is 8.78. The summed E-state index contributed by atoms with van der Waals surface area (Å²) in [5.41, 5.74) is 2.90. The molecule has 0 bridgehead atoms. The molecule has 10 heteroatoms. The molecule has 5 aromatic carbocycles. The molecule has 46 heavy (non-hydrogen) atoms. The molecule has 0 radical (unpaired) electrons. The van der Waals surface area contributed by atoms with Crippen molar-refractivity contribution < 1.29 is 14.4 Å². The maximum Gasteiger partial charge on any atom is 0.272 e. The van der Waals surface area contributed by atoms with Crippen LogP contribution in [0.5, 0.6) is 0 Å². The van der Waals surface area contributed by atoms with Gasteiger partial charge < -0.3 is 16.0 Å². The van der Waals surface area contributed by atoms with Gasteiger partial charge in [-0.05, 0) is 93.8 Å². The Balaban J connectivity index is 1.34. The molecule has 3 N–H and O–H groups in total. The van der Waals surface area contributed by atoms with E-state index in [4.69, 9.17) is 23.2 Å². The summed E-state index contributed by atoms with van der Waals surface area (Å²) in [7, 11) is 0. The minimum atomic E-state index is -0.550. The van der Waals surface area contributed by atoms with Gasteiger partial charge in [-0.2, -0.15) is 0 Å². The quantitative estimate of drug-likeness (QED) is 0.0987. The van der Waals surface area contributed by atoms with Crippen LogP contribution in [0.25, 0.3) is 6.08 Å². The number of nitrogens with one attached hydrogen (secondary N) is 3. The van der Waals surface area contributed by atoms with Crippen molar-refractivity contribution in [2.75, 3.05) is 10.6 Å². The number of anilines is 2. The van der Waals surface area contributed by atoms with Crippen LogP contribution < -0.4 is 16.0 Å². The number of carbonyl (C=O) groups is 3. The van der Waals surface area contributed by atoms with Gasteiger partial charge in [0.25, 0.3) is 11.8 Å². The summed E-state index contributed by atoms with van der Waals surface area (Å²) in [6, 6.07) is 37.5. The molecule has 3 amide bonds. The second kappa shape index (κ2) is 15.8. The predicted molar refractivity (Wildman–Crippen MR) is 191 cm³/mol. The molecule has 1 unspecified atom stereocenters. The van der Waals surface area contributed by atoms with Gasteiger partial charge in [-0.25, -0.2) is 0 Å². The number of amides is 3. The first-order valence-corrected chi connectivity index (χ1v) is 16.4. The fraction of sp³-hybridized carbons (Fsp3) is 0.0278. The van der Waals surface area contributed by atoms with E-state index in [2.05, 4.69) is 31.9 Å². The van der Waals surface area contributed by atoms with Crippen molar-refractivity contribution in [1.29, 1.82) is 0 Å². The average Bonchev–Trinajstić information content (AvgIpc) is 3.07. The number of hydrogen-bond acceptors (Lipinski definition) is 4. The number of carbonyl (C=O) groups excluding carboxylic acids is 3. The Morgan fingerprint density at radius 1 is 0.739 bits per heavy atom. The Morgan fingerprint density at radius 2 is 1.39 bits per heavy atom. The molecule has 6 nitrogen and oxygen atoms in total. The van der Waals surface area contributed by atoms with Crippen molar-refractivity contribution in [3.8, 4) is 0 Å². The average molecular weight is 731 g/mol. The Bertz CT molecular complexity index is 1890. The third-order valence-corrected chi connectivity index (χ3v) is 9.15. The molecule has 0 aliphatic rings. The first-order valence-electron chi connectivity index (χ1n) is 14.0. The number of rotatable bonds is 10. The van der Waals surface area contributed by atoms with E-state index in [1.165, 1.54) is 17.8 Å². The number of thioether (sulfide) groups is 1. The van der Waals surface area contributed by atoms with Gasteiger partial charge >= 0.3 is 0 Å². The smallest absolute Gasteiger partial charge is 0.272 e. The van der Waals surface area contributed by atoms with Crippen LogP contribution in [-0.2, 0) is 9.59 Å². The largest absolute Gasteiger partial charge is 0.324 e. The number of para-hydroxylation sites is 1. The van der Waals surface area contributed by atoms with Crippen molar-refractivity contribution >= 4 is 86.1 Å². The highest BCUT2D eigenvalue weighted by molar-refractivity contribution is 9.10. The van der Waals surface area contributed by atoms with Crippen LogP contribution in [0.1, 0.15) is 26.7 Å². The molecule has 5 rings (SSSR count). The van der Waals surface area contributed by atoms with Gasteiger partial charge in [0.2, 0.25) is 5.91 Å². The van der Waals surface area contributed by atoms with Gasteiger partial charge in [0.1, 0.15) is 10.9 Å². The Hall–Kier alpha value is -4.34. The molecule has 0 aliphatic carbocycles. The zero-order valence-corrected chi connectivity index (χ0v) is 28.0. The summed E-state index contributed by atoms with van der Waals surface area (Å²) < 4.78 is 0.784. The molecular weight excluding hydrogens is 705 g/mol. The van der Waals surface area contributed by atoms with Crippen LogP contribution in [0.2, 0.25) is 10.0 Å². The fourth-order valence-electron chi connectivity index (χ4n) is 4.33. The lowest BCUT2D eigenvalue weighted by Crippen LogP contribution is -2.30. The van der Waals surface area contributed by atoms with E-state index in [0.29, 0.717) is 32.5 Å². The van der Waals surface area contributed by atoms with Crippen LogP contribution in [0, 0.1) is 0 Å². The van der Waals surface area contributed by atoms with E-state index >= 15 is 0 Å². The van der Waals surface area contributed by atoms with Crippen molar-refractivity contribution in [2.45, 2.75) is 10.1 Å². The van der Waals surface area contributed by atoms with Gasteiger partial charge in [-0.3, -0.25) is 14.4 Å². The van der Waals surface area contributed by atoms with E-state index in [9.17, 15) is 14.4 Å². The minimum Gasteiger partial charge on any atom is -0.324 e. The summed E-state index contributed by atoms with van der Waals surface area (Å²) in [5.74, 6) is -1.18. The first-order chi connectivity index (χ1) is 22.3. The zero-order valence-electron chi connectivity index (χ0n) is 24.0. The summed E-state index contributed by atoms with van der Waals surface area (Å²) in [4.78, 5) is 40.7. The van der Waals surface area contributed by atoms with Crippen molar-refractivity contribution in [3.63, 3.8) is 0 Å². The Labute approximate surface area is 289 Å².